The fourth-order valence-corrected chi connectivity index (χ4v) is 4.59. The zero-order valence-corrected chi connectivity index (χ0v) is 21.0. The Hall–Kier alpha value is -3.58. The van der Waals surface area contributed by atoms with Crippen molar-refractivity contribution in [2.75, 3.05) is 46.3 Å². The first-order chi connectivity index (χ1) is 17.0. The van der Waals surface area contributed by atoms with E-state index in [9.17, 15) is 4.79 Å². The van der Waals surface area contributed by atoms with E-state index in [-0.39, 0.29) is 11.9 Å². The van der Waals surface area contributed by atoms with Gasteiger partial charge < -0.3 is 19.7 Å². The van der Waals surface area contributed by atoms with E-state index in [4.69, 9.17) is 9.47 Å². The molecule has 3 aromatic rings. The second kappa shape index (κ2) is 11.2. The number of nitrogens with one attached hydrogen (secondary N) is 1. The standard InChI is InChI=1S/C28H34N4O3/c1-31(2)23-10-8-20(9-11-23)15-25-24-17-27(35-4)26(34-3)16-21(24)12-14-32(25)19-28(33)30-18-22-7-5-6-13-29-22/h5-11,13,16-17,25H,12,14-15,18-19H2,1-4H3,(H,30,33). The summed E-state index contributed by atoms with van der Waals surface area (Å²) in [6, 6.07) is 18.5. The molecule has 184 valence electrons. The van der Waals surface area contributed by atoms with Gasteiger partial charge in [-0.25, -0.2) is 0 Å². The van der Waals surface area contributed by atoms with Gasteiger partial charge in [0, 0.05) is 38.6 Å². The van der Waals surface area contributed by atoms with Gasteiger partial charge in [-0.05, 0) is 65.9 Å². The third-order valence-corrected chi connectivity index (χ3v) is 6.53. The number of hydrogen-bond acceptors (Lipinski definition) is 6. The van der Waals surface area contributed by atoms with Crippen LogP contribution in [0, 0.1) is 0 Å². The molecule has 0 spiro atoms. The first-order valence-corrected chi connectivity index (χ1v) is 11.9. The van der Waals surface area contributed by atoms with Crippen LogP contribution in [0.1, 0.15) is 28.4 Å². The van der Waals surface area contributed by atoms with Crippen molar-refractivity contribution in [3.8, 4) is 11.5 Å². The van der Waals surface area contributed by atoms with Crippen LogP contribution in [-0.4, -0.2) is 57.2 Å². The average molecular weight is 475 g/mol. The van der Waals surface area contributed by atoms with Gasteiger partial charge in [0.05, 0.1) is 33.0 Å². The van der Waals surface area contributed by atoms with Gasteiger partial charge >= 0.3 is 0 Å². The van der Waals surface area contributed by atoms with Crippen LogP contribution in [0.3, 0.4) is 0 Å². The molecule has 0 radical (unpaired) electrons. The highest BCUT2D eigenvalue weighted by Gasteiger charge is 2.30. The number of nitrogens with zero attached hydrogens (tertiary/aromatic N) is 3. The Balaban J connectivity index is 1.57. The maximum atomic E-state index is 12.9. The zero-order chi connectivity index (χ0) is 24.8. The van der Waals surface area contributed by atoms with E-state index in [0.717, 1.165) is 36.5 Å². The van der Waals surface area contributed by atoms with Crippen LogP contribution in [0.25, 0.3) is 0 Å². The van der Waals surface area contributed by atoms with Crippen LogP contribution < -0.4 is 19.7 Å². The summed E-state index contributed by atoms with van der Waals surface area (Å²) < 4.78 is 11.2. The normalized spacial score (nSPS) is 15.3. The predicted octanol–water partition coefficient (Wildman–Crippen LogP) is 3.62. The molecule has 0 bridgehead atoms. The lowest BCUT2D eigenvalue weighted by Crippen LogP contribution is -2.43. The average Bonchev–Trinajstić information content (AvgIpc) is 2.89. The molecule has 1 aliphatic rings. The van der Waals surface area contributed by atoms with Crippen molar-refractivity contribution in [1.82, 2.24) is 15.2 Å². The Bertz CT molecular complexity index is 1130. The summed E-state index contributed by atoms with van der Waals surface area (Å²) in [5.74, 6) is 1.44. The lowest BCUT2D eigenvalue weighted by molar-refractivity contribution is -0.123. The first-order valence-electron chi connectivity index (χ1n) is 11.9. The van der Waals surface area contributed by atoms with Crippen LogP contribution in [-0.2, 0) is 24.2 Å². The van der Waals surface area contributed by atoms with Gasteiger partial charge in [-0.2, -0.15) is 0 Å². The highest BCUT2D eigenvalue weighted by atomic mass is 16.5. The Morgan fingerprint density at radius 1 is 1.09 bits per heavy atom. The number of pyridine rings is 1. The summed E-state index contributed by atoms with van der Waals surface area (Å²) in [7, 11) is 7.40. The molecular weight excluding hydrogens is 440 g/mol. The molecule has 0 fully saturated rings. The molecule has 7 heteroatoms. The van der Waals surface area contributed by atoms with Gasteiger partial charge in [0.15, 0.2) is 11.5 Å². The molecule has 1 N–H and O–H groups in total. The van der Waals surface area contributed by atoms with Crippen LogP contribution in [0.4, 0.5) is 5.69 Å². The van der Waals surface area contributed by atoms with Gasteiger partial charge in [0.2, 0.25) is 5.91 Å². The number of aromatic nitrogens is 1. The van der Waals surface area contributed by atoms with Crippen molar-refractivity contribution in [2.45, 2.75) is 25.4 Å². The number of amides is 1. The Morgan fingerprint density at radius 2 is 1.83 bits per heavy atom. The number of benzene rings is 2. The topological polar surface area (TPSA) is 66.9 Å². The highest BCUT2D eigenvalue weighted by molar-refractivity contribution is 5.78. The van der Waals surface area contributed by atoms with Crippen molar-refractivity contribution >= 4 is 11.6 Å². The Morgan fingerprint density at radius 3 is 2.49 bits per heavy atom. The number of hydrogen-bond donors (Lipinski definition) is 1. The minimum Gasteiger partial charge on any atom is -0.493 e. The van der Waals surface area contributed by atoms with Crippen LogP contribution >= 0.6 is 0 Å². The molecule has 35 heavy (non-hydrogen) atoms. The maximum Gasteiger partial charge on any atom is 0.234 e. The molecular formula is C28H34N4O3. The molecule has 1 unspecified atom stereocenters. The van der Waals surface area contributed by atoms with E-state index in [1.165, 1.54) is 16.7 Å². The second-order valence-electron chi connectivity index (χ2n) is 9.01. The number of ether oxygens (including phenoxy) is 2. The van der Waals surface area contributed by atoms with Gasteiger partial charge in [-0.1, -0.05) is 18.2 Å². The van der Waals surface area contributed by atoms with Gasteiger partial charge in [-0.3, -0.25) is 14.7 Å². The lowest BCUT2D eigenvalue weighted by Gasteiger charge is -2.37. The summed E-state index contributed by atoms with van der Waals surface area (Å²) in [5, 5.41) is 3.02. The molecule has 1 aliphatic heterocycles. The van der Waals surface area contributed by atoms with E-state index >= 15 is 0 Å². The second-order valence-corrected chi connectivity index (χ2v) is 9.01. The lowest BCUT2D eigenvalue weighted by atomic mass is 9.88. The molecule has 4 rings (SSSR count). The number of rotatable bonds is 9. The van der Waals surface area contributed by atoms with Crippen molar-refractivity contribution in [1.29, 1.82) is 0 Å². The van der Waals surface area contributed by atoms with E-state index in [2.05, 4.69) is 56.5 Å². The van der Waals surface area contributed by atoms with Crippen LogP contribution in [0.15, 0.2) is 60.8 Å². The minimum atomic E-state index is -0.00691. The van der Waals surface area contributed by atoms with Crippen molar-refractivity contribution in [3.63, 3.8) is 0 Å². The molecule has 7 nitrogen and oxygen atoms in total. The van der Waals surface area contributed by atoms with Crippen molar-refractivity contribution in [3.05, 3.63) is 83.2 Å². The number of methoxy groups -OCH3 is 2. The first kappa shape index (κ1) is 24.5. The molecule has 1 atom stereocenters. The van der Waals surface area contributed by atoms with Gasteiger partial charge in [0.25, 0.3) is 0 Å². The summed E-state index contributed by atoms with van der Waals surface area (Å²) in [4.78, 5) is 21.6. The number of anilines is 1. The molecule has 2 aromatic carbocycles. The highest BCUT2D eigenvalue weighted by Crippen LogP contribution is 2.39. The molecule has 0 saturated carbocycles. The Kier molecular flexibility index (Phi) is 7.87. The summed E-state index contributed by atoms with van der Waals surface area (Å²) in [6.45, 7) is 1.53. The van der Waals surface area contributed by atoms with E-state index < -0.39 is 0 Å². The van der Waals surface area contributed by atoms with Crippen LogP contribution in [0.5, 0.6) is 11.5 Å². The van der Waals surface area contributed by atoms with Crippen molar-refractivity contribution < 1.29 is 14.3 Å². The van der Waals surface area contributed by atoms with E-state index in [1.807, 2.05) is 32.3 Å². The summed E-state index contributed by atoms with van der Waals surface area (Å²) in [5.41, 5.74) is 5.65. The Labute approximate surface area is 207 Å². The molecule has 1 amide bonds. The number of carbonyl (C=O) groups excluding carboxylic acids is 1. The fourth-order valence-electron chi connectivity index (χ4n) is 4.59. The quantitative estimate of drug-likeness (QED) is 0.511. The monoisotopic (exact) mass is 474 g/mol. The van der Waals surface area contributed by atoms with Gasteiger partial charge in [-0.15, -0.1) is 0 Å². The number of fused-ring (bicyclic) bond motifs is 1. The van der Waals surface area contributed by atoms with E-state index in [0.29, 0.717) is 18.8 Å². The molecule has 0 aliphatic carbocycles. The fraction of sp³-hybridized carbons (Fsp3) is 0.357. The van der Waals surface area contributed by atoms with Crippen molar-refractivity contribution in [2.24, 2.45) is 0 Å². The largest absolute Gasteiger partial charge is 0.493 e. The SMILES string of the molecule is COc1cc2c(cc1OC)C(Cc1ccc(N(C)C)cc1)N(CC(=O)NCc1ccccn1)CC2. The smallest absolute Gasteiger partial charge is 0.234 e. The summed E-state index contributed by atoms with van der Waals surface area (Å²) >= 11 is 0. The van der Waals surface area contributed by atoms with Crippen LogP contribution in [0.2, 0.25) is 0 Å². The zero-order valence-electron chi connectivity index (χ0n) is 21.0. The minimum absolute atomic E-state index is 0.00691. The third kappa shape index (κ3) is 5.92. The van der Waals surface area contributed by atoms with Gasteiger partial charge in [0.1, 0.15) is 0 Å². The predicted molar refractivity (Wildman–Crippen MR) is 138 cm³/mol. The maximum absolute atomic E-state index is 12.9. The molecule has 0 saturated heterocycles. The molecule has 1 aromatic heterocycles. The molecule has 2 heterocycles. The van der Waals surface area contributed by atoms with E-state index in [1.54, 1.807) is 20.4 Å². The number of carbonyl (C=O) groups is 1. The third-order valence-electron chi connectivity index (χ3n) is 6.53. The summed E-state index contributed by atoms with van der Waals surface area (Å²) in [6.07, 6.45) is 3.38.